The molecule has 94 valence electrons. The van der Waals surface area contributed by atoms with Gasteiger partial charge in [0.2, 0.25) is 5.91 Å². The third kappa shape index (κ3) is 2.97. The number of amides is 1. The molecular formula is C12H23NO3. The van der Waals surface area contributed by atoms with Crippen LogP contribution in [0.3, 0.4) is 0 Å². The minimum absolute atomic E-state index is 0.169. The molecule has 1 amide bonds. The zero-order valence-electron chi connectivity index (χ0n) is 10.8. The molecular weight excluding hydrogens is 206 g/mol. The normalized spacial score (nSPS) is 15.9. The van der Waals surface area contributed by atoms with Gasteiger partial charge in [0.05, 0.1) is 11.8 Å². The Morgan fingerprint density at radius 1 is 1.31 bits per heavy atom. The standard InChI is InChI=1S/C12H23NO3/c1-6-8(10(13)14)9(11(15)16)12(4,5)7(2)3/h7-9H,6H2,1-5H3,(H2,13,14)(H,15,16). The zero-order chi connectivity index (χ0) is 13.1. The molecule has 0 saturated carbocycles. The number of carboxylic acids is 1. The van der Waals surface area contributed by atoms with Crippen LogP contribution in [0.2, 0.25) is 0 Å². The number of nitrogens with two attached hydrogens (primary N) is 1. The lowest BCUT2D eigenvalue weighted by molar-refractivity contribution is -0.154. The van der Waals surface area contributed by atoms with E-state index in [0.717, 1.165) is 0 Å². The SMILES string of the molecule is CCC(C(N)=O)C(C(=O)O)C(C)(C)C(C)C. The Kier molecular flexibility index (Phi) is 4.97. The Morgan fingerprint density at radius 3 is 1.94 bits per heavy atom. The van der Waals surface area contributed by atoms with E-state index in [9.17, 15) is 14.7 Å². The third-order valence-corrected chi connectivity index (χ3v) is 3.76. The summed E-state index contributed by atoms with van der Waals surface area (Å²) >= 11 is 0. The highest BCUT2D eigenvalue weighted by Crippen LogP contribution is 2.40. The van der Waals surface area contributed by atoms with E-state index in [2.05, 4.69) is 0 Å². The number of carbonyl (C=O) groups excluding carboxylic acids is 1. The minimum Gasteiger partial charge on any atom is -0.481 e. The quantitative estimate of drug-likeness (QED) is 0.729. The summed E-state index contributed by atoms with van der Waals surface area (Å²) in [6.07, 6.45) is 0.461. The van der Waals surface area contributed by atoms with Crippen LogP contribution >= 0.6 is 0 Å². The summed E-state index contributed by atoms with van der Waals surface area (Å²) in [5, 5.41) is 9.30. The topological polar surface area (TPSA) is 80.4 Å². The summed E-state index contributed by atoms with van der Waals surface area (Å²) in [7, 11) is 0. The van der Waals surface area contributed by atoms with Crippen LogP contribution in [0.4, 0.5) is 0 Å². The van der Waals surface area contributed by atoms with Crippen LogP contribution in [-0.2, 0) is 9.59 Å². The summed E-state index contributed by atoms with van der Waals surface area (Å²) in [4.78, 5) is 22.7. The highest BCUT2D eigenvalue weighted by Gasteiger charge is 2.44. The smallest absolute Gasteiger partial charge is 0.307 e. The van der Waals surface area contributed by atoms with E-state index in [-0.39, 0.29) is 5.92 Å². The Morgan fingerprint density at radius 2 is 1.75 bits per heavy atom. The molecule has 0 fully saturated rings. The molecule has 0 bridgehead atoms. The van der Waals surface area contributed by atoms with Gasteiger partial charge in [0.25, 0.3) is 0 Å². The first kappa shape index (κ1) is 14.9. The molecule has 0 saturated heterocycles. The monoisotopic (exact) mass is 229 g/mol. The van der Waals surface area contributed by atoms with E-state index in [1.807, 2.05) is 27.7 Å². The first-order chi connectivity index (χ1) is 7.16. The lowest BCUT2D eigenvalue weighted by Gasteiger charge is -2.38. The highest BCUT2D eigenvalue weighted by atomic mass is 16.4. The van der Waals surface area contributed by atoms with Gasteiger partial charge in [-0.15, -0.1) is 0 Å². The summed E-state index contributed by atoms with van der Waals surface area (Å²) in [6, 6.07) is 0. The second kappa shape index (κ2) is 5.32. The van der Waals surface area contributed by atoms with Crippen molar-refractivity contribution in [3.8, 4) is 0 Å². The fourth-order valence-corrected chi connectivity index (χ4v) is 1.97. The van der Waals surface area contributed by atoms with Gasteiger partial charge in [-0.25, -0.2) is 0 Å². The van der Waals surface area contributed by atoms with Crippen molar-refractivity contribution in [3.05, 3.63) is 0 Å². The number of aliphatic carboxylic acids is 1. The molecule has 2 atom stereocenters. The minimum atomic E-state index is -0.940. The molecule has 4 nitrogen and oxygen atoms in total. The fourth-order valence-electron chi connectivity index (χ4n) is 1.97. The van der Waals surface area contributed by atoms with E-state index in [0.29, 0.717) is 6.42 Å². The molecule has 0 heterocycles. The van der Waals surface area contributed by atoms with Crippen LogP contribution in [0.25, 0.3) is 0 Å². The van der Waals surface area contributed by atoms with Gasteiger partial charge in [0.1, 0.15) is 0 Å². The maximum Gasteiger partial charge on any atom is 0.307 e. The van der Waals surface area contributed by atoms with Crippen molar-refractivity contribution < 1.29 is 14.7 Å². The predicted molar refractivity (Wildman–Crippen MR) is 62.7 cm³/mol. The first-order valence-electron chi connectivity index (χ1n) is 5.68. The van der Waals surface area contributed by atoms with Crippen LogP contribution in [0.1, 0.15) is 41.0 Å². The van der Waals surface area contributed by atoms with Crippen LogP contribution < -0.4 is 5.73 Å². The van der Waals surface area contributed by atoms with Gasteiger partial charge in [-0.1, -0.05) is 34.6 Å². The summed E-state index contributed by atoms with van der Waals surface area (Å²) in [6.45, 7) is 9.47. The zero-order valence-corrected chi connectivity index (χ0v) is 10.8. The summed E-state index contributed by atoms with van der Waals surface area (Å²) < 4.78 is 0. The Labute approximate surface area is 97.2 Å². The van der Waals surface area contributed by atoms with Crippen molar-refractivity contribution in [1.82, 2.24) is 0 Å². The molecule has 0 aromatic heterocycles. The molecule has 4 heteroatoms. The highest BCUT2D eigenvalue weighted by molar-refractivity contribution is 5.84. The van der Waals surface area contributed by atoms with Gasteiger partial charge < -0.3 is 10.8 Å². The van der Waals surface area contributed by atoms with Crippen molar-refractivity contribution in [2.24, 2.45) is 28.9 Å². The fraction of sp³-hybridized carbons (Fsp3) is 0.833. The van der Waals surface area contributed by atoms with E-state index >= 15 is 0 Å². The molecule has 16 heavy (non-hydrogen) atoms. The lowest BCUT2D eigenvalue weighted by Crippen LogP contribution is -2.44. The number of hydrogen-bond acceptors (Lipinski definition) is 2. The van der Waals surface area contributed by atoms with Gasteiger partial charge in [-0.05, 0) is 17.8 Å². The molecule has 0 aliphatic heterocycles. The van der Waals surface area contributed by atoms with E-state index in [1.54, 1.807) is 6.92 Å². The predicted octanol–water partition coefficient (Wildman–Crippen LogP) is 1.88. The molecule has 0 aliphatic carbocycles. The van der Waals surface area contributed by atoms with Crippen LogP contribution in [-0.4, -0.2) is 17.0 Å². The molecule has 0 aromatic rings. The average molecular weight is 229 g/mol. The van der Waals surface area contributed by atoms with Crippen molar-refractivity contribution in [2.75, 3.05) is 0 Å². The van der Waals surface area contributed by atoms with Gasteiger partial charge in [-0.3, -0.25) is 9.59 Å². The van der Waals surface area contributed by atoms with Crippen molar-refractivity contribution >= 4 is 11.9 Å². The Bertz CT molecular complexity index is 271. The third-order valence-electron chi connectivity index (χ3n) is 3.76. The van der Waals surface area contributed by atoms with Gasteiger partial charge >= 0.3 is 5.97 Å². The van der Waals surface area contributed by atoms with Crippen LogP contribution in [0.5, 0.6) is 0 Å². The second-order valence-electron chi connectivity index (χ2n) is 5.21. The largest absolute Gasteiger partial charge is 0.481 e. The summed E-state index contributed by atoms with van der Waals surface area (Å²) in [5.41, 5.74) is 4.82. The number of primary amides is 1. The molecule has 3 N–H and O–H groups in total. The summed E-state index contributed by atoms with van der Waals surface area (Å²) in [5.74, 6) is -2.63. The number of hydrogen-bond donors (Lipinski definition) is 2. The Hall–Kier alpha value is -1.06. The molecule has 0 radical (unpaired) electrons. The first-order valence-corrected chi connectivity index (χ1v) is 5.68. The molecule has 2 unspecified atom stereocenters. The van der Waals surface area contributed by atoms with Crippen LogP contribution in [0, 0.1) is 23.2 Å². The number of carboxylic acid groups (broad SMARTS) is 1. The maximum atomic E-state index is 11.3. The van der Waals surface area contributed by atoms with Gasteiger partial charge in [0, 0.05) is 0 Å². The van der Waals surface area contributed by atoms with E-state index in [4.69, 9.17) is 5.73 Å². The lowest BCUT2D eigenvalue weighted by atomic mass is 9.65. The van der Waals surface area contributed by atoms with Crippen molar-refractivity contribution in [3.63, 3.8) is 0 Å². The molecule has 0 spiro atoms. The van der Waals surface area contributed by atoms with Crippen molar-refractivity contribution in [1.29, 1.82) is 0 Å². The van der Waals surface area contributed by atoms with Crippen LogP contribution in [0.15, 0.2) is 0 Å². The van der Waals surface area contributed by atoms with Crippen molar-refractivity contribution in [2.45, 2.75) is 41.0 Å². The molecule has 0 aliphatic rings. The molecule has 0 rings (SSSR count). The van der Waals surface area contributed by atoms with Gasteiger partial charge in [0.15, 0.2) is 0 Å². The number of carbonyl (C=O) groups is 2. The molecule has 0 aromatic carbocycles. The Balaban J connectivity index is 5.30. The van der Waals surface area contributed by atoms with E-state index < -0.39 is 29.1 Å². The maximum absolute atomic E-state index is 11.3. The number of rotatable bonds is 6. The second-order valence-corrected chi connectivity index (χ2v) is 5.21. The van der Waals surface area contributed by atoms with E-state index in [1.165, 1.54) is 0 Å². The average Bonchev–Trinajstić information content (AvgIpc) is 2.11. The van der Waals surface area contributed by atoms with Gasteiger partial charge in [-0.2, -0.15) is 0 Å².